The largest absolute Gasteiger partial charge is 0.476 e. The minimum absolute atomic E-state index is 0.179. The molecule has 0 atom stereocenters. The van der Waals surface area contributed by atoms with E-state index in [-0.39, 0.29) is 6.54 Å². The van der Waals surface area contributed by atoms with Gasteiger partial charge in [0.15, 0.2) is 5.82 Å². The van der Waals surface area contributed by atoms with Gasteiger partial charge in [0.25, 0.3) is 0 Å². The van der Waals surface area contributed by atoms with Gasteiger partial charge in [-0.3, -0.25) is 9.69 Å². The van der Waals surface area contributed by atoms with Crippen LogP contribution in [0.5, 0.6) is 5.88 Å². The molecule has 1 amide bonds. The molecule has 0 spiro atoms. The third-order valence-corrected chi connectivity index (χ3v) is 5.36. The van der Waals surface area contributed by atoms with E-state index in [9.17, 15) is 4.79 Å². The average molecular weight is 456 g/mol. The molecule has 2 aliphatic heterocycles. The lowest BCUT2D eigenvalue weighted by molar-refractivity contribution is 0.0320. The van der Waals surface area contributed by atoms with Crippen molar-refractivity contribution in [1.82, 2.24) is 14.9 Å². The van der Waals surface area contributed by atoms with Crippen molar-refractivity contribution in [3.8, 4) is 5.88 Å². The Kier molecular flexibility index (Phi) is 8.12. The van der Waals surface area contributed by atoms with Crippen molar-refractivity contribution in [2.75, 3.05) is 70.7 Å². The number of azo groups is 1. The molecule has 2 fully saturated rings. The van der Waals surface area contributed by atoms with E-state index < -0.39 is 5.91 Å². The number of aromatic nitrogens is 2. The van der Waals surface area contributed by atoms with Gasteiger partial charge in [-0.05, 0) is 18.2 Å². The number of morpholine rings is 2. The third-order valence-electron chi connectivity index (χ3n) is 5.36. The van der Waals surface area contributed by atoms with Gasteiger partial charge in [-0.15, -0.1) is 0 Å². The Morgan fingerprint density at radius 1 is 1.06 bits per heavy atom. The summed E-state index contributed by atoms with van der Waals surface area (Å²) in [7, 11) is 0. The van der Waals surface area contributed by atoms with Crippen LogP contribution in [0.25, 0.3) is 0 Å². The highest BCUT2D eigenvalue weighted by Gasteiger charge is 2.16. The number of nitrogens with zero attached hydrogens (tertiary/aromatic N) is 6. The van der Waals surface area contributed by atoms with Crippen molar-refractivity contribution in [3.05, 3.63) is 41.7 Å². The highest BCUT2D eigenvalue weighted by Crippen LogP contribution is 2.20. The molecule has 1 aromatic heterocycles. The van der Waals surface area contributed by atoms with Gasteiger partial charge in [-0.25, -0.2) is 4.98 Å². The number of rotatable bonds is 9. The molecule has 2 saturated heterocycles. The number of primary amides is 1. The van der Waals surface area contributed by atoms with Gasteiger partial charge in [0.2, 0.25) is 11.8 Å². The number of carbonyl (C=O) groups excluding carboxylic acids is 1. The Bertz CT molecular complexity index is 960. The van der Waals surface area contributed by atoms with E-state index in [2.05, 4.69) is 30.0 Å². The lowest BCUT2D eigenvalue weighted by Crippen LogP contribution is -2.38. The van der Waals surface area contributed by atoms with Crippen molar-refractivity contribution >= 4 is 17.4 Å². The van der Waals surface area contributed by atoms with Crippen LogP contribution >= 0.6 is 0 Å². The summed E-state index contributed by atoms with van der Waals surface area (Å²) in [5, 5.41) is 8.40. The summed E-state index contributed by atoms with van der Waals surface area (Å²) in [5.74, 6) is 1.30. The number of carbonyl (C=O) groups is 1. The maximum Gasteiger partial charge on any atom is 0.248 e. The highest BCUT2D eigenvalue weighted by molar-refractivity contribution is 5.93. The normalized spacial score (nSPS) is 17.4. The maximum absolute atomic E-state index is 11.4. The van der Waals surface area contributed by atoms with E-state index in [0.717, 1.165) is 51.8 Å². The molecule has 1 aromatic carbocycles. The first-order valence-corrected chi connectivity index (χ1v) is 11.1. The molecular weight excluding hydrogens is 426 g/mol. The summed E-state index contributed by atoms with van der Waals surface area (Å²) in [6, 6.07) is 8.56. The van der Waals surface area contributed by atoms with E-state index in [0.29, 0.717) is 42.8 Å². The van der Waals surface area contributed by atoms with Crippen LogP contribution in [-0.4, -0.2) is 86.5 Å². The number of hydrogen-bond acceptors (Lipinski definition) is 10. The predicted octanol–water partition coefficient (Wildman–Crippen LogP) is 1.41. The van der Waals surface area contributed by atoms with Crippen LogP contribution in [0.3, 0.4) is 0 Å². The Balaban J connectivity index is 1.43. The van der Waals surface area contributed by atoms with Crippen LogP contribution in [-0.2, 0) is 16.0 Å². The van der Waals surface area contributed by atoms with Crippen molar-refractivity contribution in [1.29, 1.82) is 0 Å². The van der Waals surface area contributed by atoms with Crippen LogP contribution in [0.2, 0.25) is 0 Å². The van der Waals surface area contributed by atoms with Gasteiger partial charge in [0.05, 0.1) is 32.1 Å². The van der Waals surface area contributed by atoms with Crippen molar-refractivity contribution in [2.24, 2.45) is 16.0 Å². The van der Waals surface area contributed by atoms with E-state index in [1.807, 2.05) is 6.07 Å². The standard InChI is InChI=1S/C22H29N7O4/c23-22(30)17-2-1-3-18(14-17)27-24-16-19-25-20(29-7-11-32-12-8-29)15-21(26-19)33-13-6-28-4-9-31-10-5-28/h1-3,14-15H,4-13,16H2,(H2,23,30). The topological polar surface area (TPSA) is 128 Å². The van der Waals surface area contributed by atoms with Gasteiger partial charge in [0.1, 0.15) is 19.0 Å². The van der Waals surface area contributed by atoms with E-state index in [1.165, 1.54) is 0 Å². The lowest BCUT2D eigenvalue weighted by atomic mass is 10.2. The molecule has 0 unspecified atom stereocenters. The first-order valence-electron chi connectivity index (χ1n) is 11.1. The Morgan fingerprint density at radius 3 is 2.58 bits per heavy atom. The number of hydrogen-bond donors (Lipinski definition) is 1. The lowest BCUT2D eigenvalue weighted by Gasteiger charge is -2.28. The fourth-order valence-electron chi connectivity index (χ4n) is 3.56. The highest BCUT2D eigenvalue weighted by atomic mass is 16.5. The first-order chi connectivity index (χ1) is 16.2. The predicted molar refractivity (Wildman–Crippen MR) is 121 cm³/mol. The van der Waals surface area contributed by atoms with Gasteiger partial charge in [-0.1, -0.05) is 6.07 Å². The van der Waals surface area contributed by atoms with E-state index in [1.54, 1.807) is 24.3 Å². The second-order valence-electron chi connectivity index (χ2n) is 7.70. The summed E-state index contributed by atoms with van der Waals surface area (Å²) < 4.78 is 16.8. The minimum Gasteiger partial charge on any atom is -0.476 e. The molecule has 0 bridgehead atoms. The molecule has 176 valence electrons. The fraction of sp³-hybridized carbons (Fsp3) is 0.500. The van der Waals surface area contributed by atoms with Gasteiger partial charge in [0, 0.05) is 44.4 Å². The molecule has 11 nitrogen and oxygen atoms in total. The average Bonchev–Trinajstić information content (AvgIpc) is 2.85. The molecule has 11 heteroatoms. The summed E-state index contributed by atoms with van der Waals surface area (Å²) in [6.45, 7) is 7.67. The summed E-state index contributed by atoms with van der Waals surface area (Å²) in [6.07, 6.45) is 0. The quantitative estimate of drug-likeness (QED) is 0.562. The van der Waals surface area contributed by atoms with Crippen LogP contribution in [0, 0.1) is 0 Å². The maximum atomic E-state index is 11.4. The van der Waals surface area contributed by atoms with E-state index >= 15 is 0 Å². The minimum atomic E-state index is -0.507. The number of ether oxygens (including phenoxy) is 3. The monoisotopic (exact) mass is 455 g/mol. The number of anilines is 1. The van der Waals surface area contributed by atoms with Crippen LogP contribution in [0.1, 0.15) is 16.2 Å². The molecule has 3 heterocycles. The Labute approximate surface area is 192 Å². The second-order valence-corrected chi connectivity index (χ2v) is 7.70. The zero-order chi connectivity index (χ0) is 22.9. The smallest absolute Gasteiger partial charge is 0.248 e. The third kappa shape index (κ3) is 6.91. The zero-order valence-electron chi connectivity index (χ0n) is 18.6. The molecular formula is C22H29N7O4. The van der Waals surface area contributed by atoms with Crippen molar-refractivity contribution < 1.29 is 19.0 Å². The van der Waals surface area contributed by atoms with Gasteiger partial charge >= 0.3 is 0 Å². The number of amides is 1. The number of benzene rings is 1. The molecule has 0 saturated carbocycles. The van der Waals surface area contributed by atoms with Gasteiger partial charge in [-0.2, -0.15) is 15.2 Å². The van der Waals surface area contributed by atoms with E-state index in [4.69, 9.17) is 19.9 Å². The fourth-order valence-corrected chi connectivity index (χ4v) is 3.56. The Hall–Kier alpha value is -3.15. The molecule has 0 aliphatic carbocycles. The van der Waals surface area contributed by atoms with Crippen molar-refractivity contribution in [2.45, 2.75) is 6.54 Å². The van der Waals surface area contributed by atoms with Crippen LogP contribution < -0.4 is 15.4 Å². The molecule has 33 heavy (non-hydrogen) atoms. The Morgan fingerprint density at radius 2 is 1.82 bits per heavy atom. The summed E-state index contributed by atoms with van der Waals surface area (Å²) in [5.41, 5.74) is 6.25. The summed E-state index contributed by atoms with van der Waals surface area (Å²) in [4.78, 5) is 25.0. The molecule has 4 rings (SSSR count). The van der Waals surface area contributed by atoms with Gasteiger partial charge < -0.3 is 24.8 Å². The van der Waals surface area contributed by atoms with Crippen LogP contribution in [0.4, 0.5) is 11.5 Å². The van der Waals surface area contributed by atoms with Crippen LogP contribution in [0.15, 0.2) is 40.6 Å². The molecule has 2 aromatic rings. The number of nitrogens with two attached hydrogens (primary N) is 1. The first kappa shape index (κ1) is 23.0. The second kappa shape index (κ2) is 11.6. The summed E-state index contributed by atoms with van der Waals surface area (Å²) >= 11 is 0. The molecule has 2 aliphatic rings. The zero-order valence-corrected chi connectivity index (χ0v) is 18.6. The molecule has 0 radical (unpaired) electrons. The SMILES string of the molecule is NC(=O)c1cccc(N=NCc2nc(OCCN3CCOCC3)cc(N3CCOCC3)n2)c1. The van der Waals surface area contributed by atoms with Crippen molar-refractivity contribution in [3.63, 3.8) is 0 Å². The molecule has 2 N–H and O–H groups in total.